The molecule has 6 nitrogen and oxygen atoms in total. The van der Waals surface area contributed by atoms with E-state index in [0.717, 1.165) is 22.3 Å². The molecule has 0 fully saturated rings. The summed E-state index contributed by atoms with van der Waals surface area (Å²) in [6.07, 6.45) is 0. The lowest BCUT2D eigenvalue weighted by Crippen LogP contribution is -2.44. The zero-order chi connectivity index (χ0) is 24.1. The maximum atomic E-state index is 12.1. The molecule has 0 spiro atoms. The van der Waals surface area contributed by atoms with Crippen LogP contribution in [-0.4, -0.2) is 22.8 Å². The summed E-state index contributed by atoms with van der Waals surface area (Å²) in [5.41, 5.74) is 8.94. The third kappa shape index (κ3) is 7.48. The van der Waals surface area contributed by atoms with Gasteiger partial charge in [-0.3, -0.25) is 10.2 Å². The zero-order valence-corrected chi connectivity index (χ0v) is 20.9. The number of hydrogen-bond acceptors (Lipinski definition) is 4. The second-order valence-electron chi connectivity index (χ2n) is 10.0. The van der Waals surface area contributed by atoms with Gasteiger partial charge in [0.2, 0.25) is 5.91 Å². The van der Waals surface area contributed by atoms with Crippen LogP contribution in [0.2, 0.25) is 0 Å². The van der Waals surface area contributed by atoms with E-state index >= 15 is 0 Å². The number of carbonyl (C=O) groups excluding carboxylic acids is 2. The highest BCUT2D eigenvalue weighted by molar-refractivity contribution is 7.99. The number of thioether (sulfide) groups is 1. The van der Waals surface area contributed by atoms with Crippen molar-refractivity contribution in [2.75, 3.05) is 11.1 Å². The summed E-state index contributed by atoms with van der Waals surface area (Å²) in [5, 5.41) is 13.5. The number of hydrazine groups is 1. The van der Waals surface area contributed by atoms with Crippen molar-refractivity contribution in [1.29, 1.82) is 0 Å². The summed E-state index contributed by atoms with van der Waals surface area (Å²) < 4.78 is 0. The first-order valence-corrected chi connectivity index (χ1v) is 11.8. The first-order valence-electron chi connectivity index (χ1n) is 10.6. The van der Waals surface area contributed by atoms with Gasteiger partial charge in [0.25, 0.3) is 0 Å². The van der Waals surface area contributed by atoms with Gasteiger partial charge in [-0.1, -0.05) is 65.8 Å². The second-order valence-corrected chi connectivity index (χ2v) is 11.0. The summed E-state index contributed by atoms with van der Waals surface area (Å²) >= 11 is 1.45. The molecule has 0 aliphatic heterocycles. The van der Waals surface area contributed by atoms with Crippen LogP contribution >= 0.6 is 11.8 Å². The van der Waals surface area contributed by atoms with Gasteiger partial charge < -0.3 is 10.4 Å². The molecule has 0 aromatic heterocycles. The van der Waals surface area contributed by atoms with Crippen LogP contribution in [0.5, 0.6) is 5.75 Å². The Morgan fingerprint density at radius 2 is 1.53 bits per heavy atom. The van der Waals surface area contributed by atoms with Crippen molar-refractivity contribution < 1.29 is 14.7 Å². The number of amides is 3. The van der Waals surface area contributed by atoms with E-state index in [1.165, 1.54) is 11.8 Å². The molecule has 7 heteroatoms. The number of urea groups is 1. The lowest BCUT2D eigenvalue weighted by atomic mass is 9.78. The predicted octanol–water partition coefficient (Wildman–Crippen LogP) is 5.38. The van der Waals surface area contributed by atoms with Gasteiger partial charge in [0.1, 0.15) is 5.75 Å². The molecule has 0 saturated heterocycles. The molecule has 0 aliphatic carbocycles. The van der Waals surface area contributed by atoms with Gasteiger partial charge in [-0.25, -0.2) is 10.2 Å². The summed E-state index contributed by atoms with van der Waals surface area (Å²) in [6, 6.07) is 10.9. The molecule has 0 aliphatic rings. The Bertz CT molecular complexity index is 940. The number of rotatable bonds is 5. The SMILES string of the molecule is Cc1cccc(NC(=O)NNC(=O)CSCc2cc(C(C)(C)C)c(O)c(C(C)(C)C)c2)c1. The highest BCUT2D eigenvalue weighted by atomic mass is 32.2. The van der Waals surface area contributed by atoms with Gasteiger partial charge in [0.15, 0.2) is 0 Å². The standard InChI is InChI=1S/C25H35N3O3S/c1-16-9-8-10-18(11-16)26-23(31)28-27-21(29)15-32-14-17-12-19(24(2,3)4)22(30)20(13-17)25(5,6)7/h8-13,30H,14-15H2,1-7H3,(H,27,29)(H2,26,28,31). The van der Waals surface area contributed by atoms with Crippen molar-refractivity contribution in [2.24, 2.45) is 0 Å². The van der Waals surface area contributed by atoms with Crippen LogP contribution in [0.1, 0.15) is 63.8 Å². The fraction of sp³-hybridized carbons (Fsp3) is 0.440. The molecule has 2 aromatic rings. The number of nitrogens with one attached hydrogen (secondary N) is 3. The maximum Gasteiger partial charge on any atom is 0.337 e. The lowest BCUT2D eigenvalue weighted by Gasteiger charge is -2.28. The minimum atomic E-state index is -0.503. The van der Waals surface area contributed by atoms with E-state index in [9.17, 15) is 14.7 Å². The second kappa shape index (κ2) is 10.3. The van der Waals surface area contributed by atoms with Crippen molar-refractivity contribution >= 4 is 29.4 Å². The highest BCUT2D eigenvalue weighted by Crippen LogP contribution is 2.40. The van der Waals surface area contributed by atoms with Crippen molar-refractivity contribution in [3.05, 3.63) is 58.7 Å². The van der Waals surface area contributed by atoms with Crippen LogP contribution in [-0.2, 0) is 21.4 Å². The van der Waals surface area contributed by atoms with Crippen LogP contribution in [0.3, 0.4) is 0 Å². The third-order valence-corrected chi connectivity index (χ3v) is 5.88. The van der Waals surface area contributed by atoms with Crippen LogP contribution < -0.4 is 16.2 Å². The average molecular weight is 458 g/mol. The minimum Gasteiger partial charge on any atom is -0.507 e. The van der Waals surface area contributed by atoms with E-state index in [-0.39, 0.29) is 22.5 Å². The van der Waals surface area contributed by atoms with Gasteiger partial charge in [0, 0.05) is 11.4 Å². The van der Waals surface area contributed by atoms with Crippen LogP contribution in [0.25, 0.3) is 0 Å². The average Bonchev–Trinajstić information content (AvgIpc) is 2.65. The van der Waals surface area contributed by atoms with Gasteiger partial charge in [-0.2, -0.15) is 0 Å². The number of phenols is 1. The lowest BCUT2D eigenvalue weighted by molar-refractivity contribution is -0.119. The molecular weight excluding hydrogens is 422 g/mol. The Morgan fingerprint density at radius 3 is 2.06 bits per heavy atom. The Kier molecular flexibility index (Phi) is 8.24. The summed E-state index contributed by atoms with van der Waals surface area (Å²) in [6.45, 7) is 14.4. The largest absolute Gasteiger partial charge is 0.507 e. The molecule has 174 valence electrons. The molecule has 32 heavy (non-hydrogen) atoms. The van der Waals surface area contributed by atoms with E-state index in [1.54, 1.807) is 6.07 Å². The van der Waals surface area contributed by atoms with Gasteiger partial charge >= 0.3 is 6.03 Å². The number of phenolic OH excluding ortho intramolecular Hbond substituents is 1. The number of aromatic hydroxyl groups is 1. The topological polar surface area (TPSA) is 90.5 Å². The summed E-state index contributed by atoms with van der Waals surface area (Å²) in [4.78, 5) is 24.1. The molecule has 2 rings (SSSR count). The molecule has 4 N–H and O–H groups in total. The van der Waals surface area contributed by atoms with E-state index in [4.69, 9.17) is 0 Å². The number of aryl methyl sites for hydroxylation is 1. The Balaban J connectivity index is 1.92. The highest BCUT2D eigenvalue weighted by Gasteiger charge is 2.26. The summed E-state index contributed by atoms with van der Waals surface area (Å²) in [7, 11) is 0. The van der Waals surface area contributed by atoms with Crippen LogP contribution in [0.15, 0.2) is 36.4 Å². The smallest absolute Gasteiger partial charge is 0.337 e. The fourth-order valence-corrected chi connectivity index (χ4v) is 3.99. The van der Waals surface area contributed by atoms with E-state index in [1.807, 2.05) is 37.3 Å². The van der Waals surface area contributed by atoms with Crippen LogP contribution in [0.4, 0.5) is 10.5 Å². The molecule has 0 bridgehead atoms. The van der Waals surface area contributed by atoms with E-state index < -0.39 is 6.03 Å². The minimum absolute atomic E-state index is 0.196. The van der Waals surface area contributed by atoms with Crippen molar-refractivity contribution in [2.45, 2.75) is 65.0 Å². The molecule has 3 amide bonds. The molecular formula is C25H35N3O3S. The van der Waals surface area contributed by atoms with Gasteiger partial charge in [-0.05, 0) is 52.1 Å². The predicted molar refractivity (Wildman–Crippen MR) is 133 cm³/mol. The quantitative estimate of drug-likeness (QED) is 0.454. The van der Waals surface area contributed by atoms with Crippen molar-refractivity contribution in [3.8, 4) is 5.75 Å². The Hall–Kier alpha value is -2.67. The van der Waals surface area contributed by atoms with Crippen LogP contribution in [0, 0.1) is 6.92 Å². The van der Waals surface area contributed by atoms with Crippen molar-refractivity contribution in [3.63, 3.8) is 0 Å². The molecule has 0 atom stereocenters. The number of benzene rings is 2. The first kappa shape index (κ1) is 25.6. The fourth-order valence-electron chi connectivity index (χ4n) is 3.23. The molecule has 0 radical (unpaired) electrons. The monoisotopic (exact) mass is 457 g/mol. The number of carbonyl (C=O) groups is 2. The van der Waals surface area contributed by atoms with Gasteiger partial charge in [-0.15, -0.1) is 11.8 Å². The van der Waals surface area contributed by atoms with Crippen molar-refractivity contribution in [1.82, 2.24) is 10.9 Å². The Labute approximate surface area is 195 Å². The Morgan fingerprint density at radius 1 is 0.938 bits per heavy atom. The summed E-state index contributed by atoms with van der Waals surface area (Å²) in [5.74, 6) is 0.872. The third-order valence-electron chi connectivity index (χ3n) is 4.88. The molecule has 0 saturated carbocycles. The molecule has 0 heterocycles. The number of hydrogen-bond donors (Lipinski definition) is 4. The number of anilines is 1. The normalized spacial score (nSPS) is 11.7. The molecule has 0 unspecified atom stereocenters. The zero-order valence-electron chi connectivity index (χ0n) is 20.1. The maximum absolute atomic E-state index is 12.1. The first-order chi connectivity index (χ1) is 14.8. The van der Waals surface area contributed by atoms with Gasteiger partial charge in [0.05, 0.1) is 5.75 Å². The van der Waals surface area contributed by atoms with E-state index in [2.05, 4.69) is 57.7 Å². The molecule has 2 aromatic carbocycles. The van der Waals surface area contributed by atoms with E-state index in [0.29, 0.717) is 17.2 Å².